The molecule has 0 aliphatic rings. The van der Waals surface area contributed by atoms with Gasteiger partial charge in [0.1, 0.15) is 11.9 Å². The summed E-state index contributed by atoms with van der Waals surface area (Å²) in [5.74, 6) is 0.0726. The quantitative estimate of drug-likeness (QED) is 0.847. The van der Waals surface area contributed by atoms with Gasteiger partial charge in [-0.25, -0.2) is 4.39 Å². The van der Waals surface area contributed by atoms with Crippen LogP contribution in [-0.2, 0) is 0 Å². The molecule has 88 valence electrons. The summed E-state index contributed by atoms with van der Waals surface area (Å²) >= 11 is 1.26. The van der Waals surface area contributed by atoms with Crippen molar-refractivity contribution in [1.29, 1.82) is 0 Å². The van der Waals surface area contributed by atoms with E-state index >= 15 is 0 Å². The van der Waals surface area contributed by atoms with Crippen LogP contribution in [0.5, 0.6) is 0 Å². The summed E-state index contributed by atoms with van der Waals surface area (Å²) in [6.07, 6.45) is 3.83. The van der Waals surface area contributed by atoms with Gasteiger partial charge in [-0.1, -0.05) is 12.1 Å². The minimum atomic E-state index is -0.742. The van der Waals surface area contributed by atoms with Crippen LogP contribution in [0.1, 0.15) is 11.8 Å². The first-order valence-electron chi connectivity index (χ1n) is 5.08. The van der Waals surface area contributed by atoms with Crippen molar-refractivity contribution in [1.82, 2.24) is 9.97 Å². The van der Waals surface area contributed by atoms with Gasteiger partial charge in [-0.15, -0.1) is 11.8 Å². The molecule has 0 aliphatic heterocycles. The van der Waals surface area contributed by atoms with Gasteiger partial charge in [-0.2, -0.15) is 0 Å². The number of aliphatic hydroxyl groups excluding tert-OH is 1. The second-order valence-corrected chi connectivity index (χ2v) is 4.45. The highest BCUT2D eigenvalue weighted by Gasteiger charge is 2.10. The molecule has 1 aromatic carbocycles. The zero-order valence-electron chi connectivity index (χ0n) is 8.95. The van der Waals surface area contributed by atoms with Gasteiger partial charge < -0.3 is 5.11 Å². The predicted molar refractivity (Wildman–Crippen MR) is 64.1 cm³/mol. The lowest BCUT2D eigenvalue weighted by Gasteiger charge is -2.09. The van der Waals surface area contributed by atoms with E-state index in [1.165, 1.54) is 30.2 Å². The molecule has 0 amide bonds. The summed E-state index contributed by atoms with van der Waals surface area (Å²) in [5, 5.41) is 9.83. The molecule has 0 spiro atoms. The second-order valence-electron chi connectivity index (χ2n) is 3.39. The molecule has 1 atom stereocenters. The fourth-order valence-corrected chi connectivity index (χ4v) is 2.19. The van der Waals surface area contributed by atoms with Gasteiger partial charge in [0.05, 0.1) is 11.9 Å². The molecular formula is C12H11FN2OS. The topological polar surface area (TPSA) is 46.0 Å². The molecule has 5 heteroatoms. The smallest absolute Gasteiger partial charge is 0.136 e. The van der Waals surface area contributed by atoms with Crippen molar-refractivity contribution in [2.75, 3.05) is 5.75 Å². The molecule has 2 aromatic rings. The van der Waals surface area contributed by atoms with Crippen molar-refractivity contribution >= 4 is 11.8 Å². The maximum absolute atomic E-state index is 13.3. The van der Waals surface area contributed by atoms with E-state index in [1.807, 2.05) is 0 Å². The van der Waals surface area contributed by atoms with Crippen molar-refractivity contribution in [3.63, 3.8) is 0 Å². The lowest BCUT2D eigenvalue weighted by molar-refractivity contribution is 0.198. The fourth-order valence-electron chi connectivity index (χ4n) is 1.30. The van der Waals surface area contributed by atoms with Crippen molar-refractivity contribution in [2.24, 2.45) is 0 Å². The largest absolute Gasteiger partial charge is 0.386 e. The number of aromatic nitrogens is 2. The first-order chi connectivity index (χ1) is 8.27. The molecule has 17 heavy (non-hydrogen) atoms. The van der Waals surface area contributed by atoms with Gasteiger partial charge in [0.15, 0.2) is 0 Å². The highest BCUT2D eigenvalue weighted by molar-refractivity contribution is 7.99. The highest BCUT2D eigenvalue weighted by atomic mass is 32.2. The minimum Gasteiger partial charge on any atom is -0.386 e. The second kappa shape index (κ2) is 5.75. The summed E-state index contributed by atoms with van der Waals surface area (Å²) in [5.41, 5.74) is 0.497. The van der Waals surface area contributed by atoms with Gasteiger partial charge in [-0.3, -0.25) is 9.97 Å². The Hall–Kier alpha value is -1.46. The molecule has 1 aromatic heterocycles. The average molecular weight is 250 g/mol. The lowest BCUT2D eigenvalue weighted by atomic mass is 10.3. The monoisotopic (exact) mass is 250 g/mol. The number of rotatable bonds is 4. The number of thioether (sulfide) groups is 1. The van der Waals surface area contributed by atoms with E-state index in [2.05, 4.69) is 9.97 Å². The maximum atomic E-state index is 13.3. The van der Waals surface area contributed by atoms with Crippen molar-refractivity contribution in [3.05, 3.63) is 54.4 Å². The Bertz CT molecular complexity index is 481. The van der Waals surface area contributed by atoms with Gasteiger partial charge in [0.25, 0.3) is 0 Å². The molecular weight excluding hydrogens is 239 g/mol. The summed E-state index contributed by atoms with van der Waals surface area (Å²) in [4.78, 5) is 8.39. The third kappa shape index (κ3) is 3.25. The van der Waals surface area contributed by atoms with Crippen molar-refractivity contribution in [2.45, 2.75) is 11.0 Å². The molecule has 1 heterocycles. The molecule has 0 saturated carbocycles. The zero-order valence-corrected chi connectivity index (χ0v) is 9.77. The number of halogens is 1. The number of nitrogens with zero attached hydrogens (tertiary/aromatic N) is 2. The normalized spacial score (nSPS) is 12.4. The van der Waals surface area contributed by atoms with Crippen LogP contribution in [0.3, 0.4) is 0 Å². The Morgan fingerprint density at radius 1 is 1.29 bits per heavy atom. The van der Waals surface area contributed by atoms with E-state index < -0.39 is 6.10 Å². The summed E-state index contributed by atoms with van der Waals surface area (Å²) < 4.78 is 13.3. The van der Waals surface area contributed by atoms with Gasteiger partial charge in [-0.05, 0) is 12.1 Å². The molecule has 0 aliphatic carbocycles. The van der Waals surface area contributed by atoms with Crippen LogP contribution < -0.4 is 0 Å². The molecule has 1 N–H and O–H groups in total. The number of hydrogen-bond donors (Lipinski definition) is 1. The molecule has 0 saturated heterocycles. The zero-order chi connectivity index (χ0) is 12.1. The highest BCUT2D eigenvalue weighted by Crippen LogP contribution is 2.25. The number of benzene rings is 1. The van der Waals surface area contributed by atoms with Crippen LogP contribution in [0.2, 0.25) is 0 Å². The summed E-state index contributed by atoms with van der Waals surface area (Å²) in [6.45, 7) is 0. The Labute approximate surface area is 103 Å². The Morgan fingerprint density at radius 3 is 2.82 bits per heavy atom. The SMILES string of the molecule is OC(CSc1ccccc1F)c1cnccn1. The van der Waals surface area contributed by atoms with E-state index in [0.29, 0.717) is 16.3 Å². The third-order valence-electron chi connectivity index (χ3n) is 2.16. The number of aliphatic hydroxyl groups is 1. The van der Waals surface area contributed by atoms with Crippen LogP contribution in [0.4, 0.5) is 4.39 Å². The maximum Gasteiger partial charge on any atom is 0.136 e. The van der Waals surface area contributed by atoms with E-state index in [0.717, 1.165) is 0 Å². The van der Waals surface area contributed by atoms with Gasteiger partial charge in [0.2, 0.25) is 0 Å². The van der Waals surface area contributed by atoms with Crippen LogP contribution in [0.25, 0.3) is 0 Å². The van der Waals surface area contributed by atoms with Crippen LogP contribution in [0.15, 0.2) is 47.8 Å². The molecule has 0 fully saturated rings. The fraction of sp³-hybridized carbons (Fsp3) is 0.167. The van der Waals surface area contributed by atoms with E-state index in [4.69, 9.17) is 0 Å². The van der Waals surface area contributed by atoms with E-state index in [9.17, 15) is 9.50 Å². The minimum absolute atomic E-state index is 0.274. The first-order valence-corrected chi connectivity index (χ1v) is 6.07. The van der Waals surface area contributed by atoms with Crippen molar-refractivity contribution < 1.29 is 9.50 Å². The molecule has 1 unspecified atom stereocenters. The summed E-state index contributed by atoms with van der Waals surface area (Å²) in [7, 11) is 0. The van der Waals surface area contributed by atoms with E-state index in [-0.39, 0.29) is 5.82 Å². The standard InChI is InChI=1S/C12H11FN2OS/c13-9-3-1-2-4-12(9)17-8-11(16)10-7-14-5-6-15-10/h1-7,11,16H,8H2. The lowest BCUT2D eigenvalue weighted by Crippen LogP contribution is -2.03. The molecule has 0 bridgehead atoms. The molecule has 2 rings (SSSR count). The van der Waals surface area contributed by atoms with Crippen LogP contribution in [0, 0.1) is 5.82 Å². The number of hydrogen-bond acceptors (Lipinski definition) is 4. The Morgan fingerprint density at radius 2 is 2.12 bits per heavy atom. The molecule has 3 nitrogen and oxygen atoms in total. The van der Waals surface area contributed by atoms with Crippen LogP contribution >= 0.6 is 11.8 Å². The third-order valence-corrected chi connectivity index (χ3v) is 3.28. The Balaban J connectivity index is 1.97. The van der Waals surface area contributed by atoms with E-state index in [1.54, 1.807) is 24.4 Å². The van der Waals surface area contributed by atoms with Crippen LogP contribution in [-0.4, -0.2) is 20.8 Å². The average Bonchev–Trinajstić information content (AvgIpc) is 2.38. The predicted octanol–water partition coefficient (Wildman–Crippen LogP) is 2.44. The van der Waals surface area contributed by atoms with Gasteiger partial charge in [0, 0.05) is 23.0 Å². The first kappa shape index (κ1) is 12.0. The molecule has 0 radical (unpaired) electrons. The Kier molecular flexibility index (Phi) is 4.06. The van der Waals surface area contributed by atoms with Crippen molar-refractivity contribution in [3.8, 4) is 0 Å². The van der Waals surface area contributed by atoms with Gasteiger partial charge >= 0.3 is 0 Å². The summed E-state index contributed by atoms with van der Waals surface area (Å²) in [6, 6.07) is 6.49.